The fourth-order valence-corrected chi connectivity index (χ4v) is 7.45. The third-order valence-electron chi connectivity index (χ3n) is 7.79. The van der Waals surface area contributed by atoms with E-state index in [1.165, 1.54) is 6.92 Å². The van der Waals surface area contributed by atoms with Crippen LogP contribution in [0.4, 0.5) is 0 Å². The average molecular weight is 613 g/mol. The van der Waals surface area contributed by atoms with E-state index in [0.717, 1.165) is 9.37 Å². The molecule has 0 aromatic heterocycles. The zero-order valence-electron chi connectivity index (χ0n) is 19.9. The van der Waals surface area contributed by atoms with E-state index in [-0.39, 0.29) is 0 Å². The number of halogens is 3. The molecule has 3 atom stereocenters. The molecule has 1 saturated heterocycles. The molecule has 2 N–H and O–H groups in total. The van der Waals surface area contributed by atoms with Crippen molar-refractivity contribution in [3.05, 3.63) is 105 Å². The molecule has 0 saturated carbocycles. The molecule has 7 rings (SSSR count). The topological polar surface area (TPSA) is 95.6 Å². The normalized spacial score (nSPS) is 27.3. The van der Waals surface area contributed by atoms with Gasteiger partial charge in [-0.2, -0.15) is 0 Å². The molecule has 0 unspecified atom stereocenters. The van der Waals surface area contributed by atoms with Crippen LogP contribution in [0, 0.1) is 11.8 Å². The third-order valence-corrected chi connectivity index (χ3v) is 9.61. The zero-order chi connectivity index (χ0) is 27.0. The average Bonchev–Trinajstić information content (AvgIpc) is 3.21. The maximum atomic E-state index is 13.9. The number of nitrogens with zero attached hydrogens (tertiary/aromatic N) is 1. The molecule has 4 amide bonds. The van der Waals surface area contributed by atoms with Crippen LogP contribution in [0.1, 0.15) is 39.5 Å². The third kappa shape index (κ3) is 3.20. The highest BCUT2D eigenvalue weighted by molar-refractivity contribution is 9.10. The van der Waals surface area contributed by atoms with Crippen LogP contribution < -0.4 is 10.9 Å². The lowest BCUT2D eigenvalue weighted by Gasteiger charge is -2.54. The largest absolute Gasteiger partial charge is 0.274 e. The van der Waals surface area contributed by atoms with Gasteiger partial charge in [0.15, 0.2) is 0 Å². The molecule has 38 heavy (non-hydrogen) atoms. The molecule has 1 fully saturated rings. The second-order valence-electron chi connectivity index (χ2n) is 9.64. The van der Waals surface area contributed by atoms with Gasteiger partial charge < -0.3 is 0 Å². The van der Waals surface area contributed by atoms with E-state index < -0.39 is 51.3 Å². The van der Waals surface area contributed by atoms with Crippen LogP contribution in [0.25, 0.3) is 0 Å². The summed E-state index contributed by atoms with van der Waals surface area (Å²) in [6.07, 6.45) is 0. The Hall–Kier alpha value is -3.20. The number of amides is 4. The van der Waals surface area contributed by atoms with Crippen molar-refractivity contribution in [3.63, 3.8) is 0 Å². The highest BCUT2D eigenvalue weighted by atomic mass is 79.9. The lowest BCUT2D eigenvalue weighted by Crippen LogP contribution is -2.57. The van der Waals surface area contributed by atoms with Gasteiger partial charge in [0, 0.05) is 10.0 Å². The van der Waals surface area contributed by atoms with E-state index in [9.17, 15) is 19.2 Å². The minimum Gasteiger partial charge on any atom is -0.274 e. The second-order valence-corrected chi connectivity index (χ2v) is 11.8. The number of carbonyl (C=O) groups is 4. The van der Waals surface area contributed by atoms with E-state index in [1.54, 1.807) is 24.3 Å². The summed E-state index contributed by atoms with van der Waals surface area (Å²) in [6, 6.07) is 20.0. The summed E-state index contributed by atoms with van der Waals surface area (Å²) >= 11 is 18.1. The van der Waals surface area contributed by atoms with Gasteiger partial charge in [-0.15, -0.1) is 23.2 Å². The second kappa shape index (κ2) is 8.66. The van der Waals surface area contributed by atoms with Crippen LogP contribution in [0.5, 0.6) is 0 Å². The molecule has 192 valence electrons. The Morgan fingerprint density at radius 3 is 1.63 bits per heavy atom. The summed E-state index contributed by atoms with van der Waals surface area (Å²) in [7, 11) is 0. The standard InChI is InChI=1S/C28H20BrCl2N3O4/c1-14(23(35)32-33-24(36)15-10-12-16(29)13-11-15)34-25(37)21-22(26(34)38)28(31)18-7-3-2-6-17(18)27(21,30)19-8-4-5-9-20(19)28/h2-14,21-22H,1H3,(H,32,35)(H,33,36)/t14-,21-,22+,27?,28?/m1/s1. The van der Waals surface area contributed by atoms with Gasteiger partial charge in [0.05, 0.1) is 11.8 Å². The number of nitrogens with one attached hydrogen (secondary N) is 2. The van der Waals surface area contributed by atoms with E-state index >= 15 is 0 Å². The molecule has 1 aliphatic heterocycles. The van der Waals surface area contributed by atoms with E-state index in [4.69, 9.17) is 23.2 Å². The van der Waals surface area contributed by atoms with Crippen LogP contribution in [0.2, 0.25) is 0 Å². The summed E-state index contributed by atoms with van der Waals surface area (Å²) in [4.78, 5) is 51.6. The molecule has 3 aromatic carbocycles. The van der Waals surface area contributed by atoms with Crippen LogP contribution in [0.15, 0.2) is 77.3 Å². The number of hydrogen-bond donors (Lipinski definition) is 2. The zero-order valence-corrected chi connectivity index (χ0v) is 23.0. The molecule has 3 aliphatic carbocycles. The van der Waals surface area contributed by atoms with Gasteiger partial charge in [0.1, 0.15) is 15.8 Å². The van der Waals surface area contributed by atoms with Gasteiger partial charge in [-0.05, 0) is 53.4 Å². The first-order valence-electron chi connectivity index (χ1n) is 11.9. The van der Waals surface area contributed by atoms with E-state index in [2.05, 4.69) is 26.8 Å². The number of rotatable bonds is 3. The van der Waals surface area contributed by atoms with Gasteiger partial charge in [-0.25, -0.2) is 0 Å². The number of likely N-dealkylation sites (tertiary alicyclic amines) is 1. The Kier molecular flexibility index (Phi) is 5.72. The van der Waals surface area contributed by atoms with E-state index in [0.29, 0.717) is 27.8 Å². The van der Waals surface area contributed by atoms with Crippen molar-refractivity contribution in [1.29, 1.82) is 0 Å². The maximum absolute atomic E-state index is 13.9. The lowest BCUT2D eigenvalue weighted by molar-refractivity contribution is -0.147. The Labute approximate surface area is 236 Å². The van der Waals surface area contributed by atoms with Crippen molar-refractivity contribution in [2.75, 3.05) is 0 Å². The van der Waals surface area contributed by atoms with Gasteiger partial charge in [0.2, 0.25) is 11.8 Å². The Bertz CT molecular complexity index is 1420. The maximum Gasteiger partial charge on any atom is 0.269 e. The fourth-order valence-electron chi connectivity index (χ4n) is 6.08. The number of alkyl halides is 2. The van der Waals surface area contributed by atoms with Crippen LogP contribution >= 0.6 is 39.1 Å². The Morgan fingerprint density at radius 2 is 1.21 bits per heavy atom. The summed E-state index contributed by atoms with van der Waals surface area (Å²) in [5.74, 6) is -4.45. The quantitative estimate of drug-likeness (QED) is 0.263. The number of carbonyl (C=O) groups excluding carboxylic acids is 4. The number of imide groups is 1. The molecule has 10 heteroatoms. The Morgan fingerprint density at radius 1 is 0.789 bits per heavy atom. The molecule has 2 bridgehead atoms. The van der Waals surface area contributed by atoms with Crippen molar-refractivity contribution < 1.29 is 19.2 Å². The first kappa shape index (κ1) is 25.1. The summed E-state index contributed by atoms with van der Waals surface area (Å²) in [5, 5.41) is 0. The summed E-state index contributed by atoms with van der Waals surface area (Å²) in [5.41, 5.74) is 7.69. The molecular weight excluding hydrogens is 593 g/mol. The van der Waals surface area contributed by atoms with Crippen molar-refractivity contribution in [2.45, 2.75) is 22.7 Å². The minimum atomic E-state index is -1.33. The van der Waals surface area contributed by atoms with Crippen molar-refractivity contribution in [1.82, 2.24) is 15.8 Å². The van der Waals surface area contributed by atoms with Crippen LogP contribution in [0.3, 0.4) is 0 Å². The molecule has 7 nitrogen and oxygen atoms in total. The number of hydrogen-bond acceptors (Lipinski definition) is 4. The van der Waals surface area contributed by atoms with Gasteiger partial charge in [-0.1, -0.05) is 64.5 Å². The smallest absolute Gasteiger partial charge is 0.269 e. The van der Waals surface area contributed by atoms with Crippen molar-refractivity contribution in [2.24, 2.45) is 11.8 Å². The van der Waals surface area contributed by atoms with Crippen molar-refractivity contribution >= 4 is 62.8 Å². The molecule has 1 heterocycles. The highest BCUT2D eigenvalue weighted by Gasteiger charge is 2.73. The van der Waals surface area contributed by atoms with Crippen LogP contribution in [-0.4, -0.2) is 34.6 Å². The predicted molar refractivity (Wildman–Crippen MR) is 144 cm³/mol. The van der Waals surface area contributed by atoms with Gasteiger partial charge >= 0.3 is 0 Å². The van der Waals surface area contributed by atoms with E-state index in [1.807, 2.05) is 48.5 Å². The molecule has 0 spiro atoms. The van der Waals surface area contributed by atoms with Crippen LogP contribution in [-0.2, 0) is 24.1 Å². The fraction of sp³-hybridized carbons (Fsp3) is 0.214. The molecular formula is C28H20BrCl2N3O4. The molecule has 4 aliphatic rings. The molecule has 3 aromatic rings. The minimum absolute atomic E-state index is 0.320. The van der Waals surface area contributed by atoms with Gasteiger partial charge in [-0.3, -0.25) is 34.9 Å². The number of benzene rings is 3. The Balaban J connectivity index is 1.33. The summed E-state index contributed by atoms with van der Waals surface area (Å²) < 4.78 is 0.798. The number of hydrazine groups is 1. The first-order chi connectivity index (χ1) is 18.1. The summed E-state index contributed by atoms with van der Waals surface area (Å²) in [6.45, 7) is 1.43. The monoisotopic (exact) mass is 611 g/mol. The highest BCUT2D eigenvalue weighted by Crippen LogP contribution is 2.69. The molecule has 0 radical (unpaired) electrons. The first-order valence-corrected chi connectivity index (χ1v) is 13.5. The van der Waals surface area contributed by atoms with Gasteiger partial charge in [0.25, 0.3) is 11.8 Å². The SMILES string of the molecule is C[C@H](C(=O)NNC(=O)c1ccc(Br)cc1)N1C(=O)[C@@H]2[C@H](C1=O)C1(Cl)c3ccccc3C2(Cl)c2ccccc21. The lowest BCUT2D eigenvalue weighted by atomic mass is 9.54. The van der Waals surface area contributed by atoms with Crippen molar-refractivity contribution in [3.8, 4) is 0 Å². The predicted octanol–water partition coefficient (Wildman–Crippen LogP) is 4.19.